The molecule has 11 nitrogen and oxygen atoms in total. The molecule has 2 aromatic carbocycles. The fourth-order valence-electron chi connectivity index (χ4n) is 6.31. The number of ether oxygens (including phenoxy) is 3. The number of alkyl halides is 3. The minimum atomic E-state index is -5.30. The zero-order valence-electron chi connectivity index (χ0n) is 25.9. The zero-order chi connectivity index (χ0) is 33.6. The Kier molecular flexibility index (Phi) is 10.6. The molecule has 1 saturated carbocycles. The molecule has 3 atom stereocenters. The molecule has 2 fully saturated rings. The predicted molar refractivity (Wildman–Crippen MR) is 163 cm³/mol. The molecule has 1 aliphatic heterocycles. The summed E-state index contributed by atoms with van der Waals surface area (Å²) in [6.07, 6.45) is -0.226. The number of carbonyl (C=O) groups excluding carboxylic acids is 3. The average molecular weight is 659 g/mol. The molecule has 1 amide bonds. The van der Waals surface area contributed by atoms with Crippen LogP contribution < -0.4 is 10.1 Å². The molecule has 0 unspecified atom stereocenters. The molecule has 0 radical (unpaired) electrons. The third-order valence-corrected chi connectivity index (χ3v) is 8.55. The van der Waals surface area contributed by atoms with Crippen molar-refractivity contribution in [2.24, 2.45) is 0 Å². The number of hydrogen-bond donors (Lipinski definition) is 2. The lowest BCUT2D eigenvalue weighted by Gasteiger charge is -2.41. The molecule has 5 rings (SSSR count). The molecule has 2 aliphatic rings. The van der Waals surface area contributed by atoms with Crippen LogP contribution in [0.3, 0.4) is 0 Å². The summed E-state index contributed by atoms with van der Waals surface area (Å²) in [7, 11) is 1.56. The van der Waals surface area contributed by atoms with Gasteiger partial charge in [-0.2, -0.15) is 13.2 Å². The quantitative estimate of drug-likeness (QED) is 0.243. The van der Waals surface area contributed by atoms with Gasteiger partial charge in [0.15, 0.2) is 5.69 Å². The van der Waals surface area contributed by atoms with Gasteiger partial charge in [0.1, 0.15) is 11.4 Å². The van der Waals surface area contributed by atoms with Crippen molar-refractivity contribution in [3.05, 3.63) is 72.2 Å². The Bertz CT molecular complexity index is 1560. The van der Waals surface area contributed by atoms with Gasteiger partial charge in [0.25, 0.3) is 5.91 Å². The van der Waals surface area contributed by atoms with Gasteiger partial charge >= 0.3 is 18.1 Å². The van der Waals surface area contributed by atoms with Crippen LogP contribution in [0.15, 0.2) is 60.9 Å². The first-order valence-electron chi connectivity index (χ1n) is 15.4. The number of aliphatic hydroxyl groups is 1. The topological polar surface area (TPSA) is 132 Å². The summed E-state index contributed by atoms with van der Waals surface area (Å²) in [6.45, 7) is 1.74. The van der Waals surface area contributed by atoms with Gasteiger partial charge in [-0.1, -0.05) is 49.2 Å². The fraction of sp³-hybridized carbons (Fsp3) is 0.455. The van der Waals surface area contributed by atoms with E-state index in [1.54, 1.807) is 18.3 Å². The minimum absolute atomic E-state index is 0.113. The van der Waals surface area contributed by atoms with Gasteiger partial charge in [0, 0.05) is 44.8 Å². The normalized spacial score (nSPS) is 21.7. The number of aromatic nitrogens is 2. The highest BCUT2D eigenvalue weighted by Crippen LogP contribution is 2.41. The maximum atomic E-state index is 14.2. The van der Waals surface area contributed by atoms with E-state index in [1.807, 2.05) is 34.9 Å². The van der Waals surface area contributed by atoms with E-state index in [0.29, 0.717) is 44.6 Å². The van der Waals surface area contributed by atoms with E-state index in [1.165, 1.54) is 24.3 Å². The van der Waals surface area contributed by atoms with Crippen LogP contribution >= 0.6 is 0 Å². The van der Waals surface area contributed by atoms with Crippen LogP contribution in [0, 0.1) is 0 Å². The van der Waals surface area contributed by atoms with Gasteiger partial charge in [-0.05, 0) is 31.0 Å². The Morgan fingerprint density at radius 2 is 1.89 bits per heavy atom. The molecule has 2 N–H and O–H groups in total. The molecule has 0 spiro atoms. The highest BCUT2D eigenvalue weighted by Gasteiger charge is 2.43. The molecule has 14 heteroatoms. The Morgan fingerprint density at radius 3 is 2.64 bits per heavy atom. The largest absolute Gasteiger partial charge is 0.493 e. The van der Waals surface area contributed by atoms with Crippen molar-refractivity contribution in [3.63, 3.8) is 0 Å². The number of piperazine rings is 1. The highest BCUT2D eigenvalue weighted by molar-refractivity contribution is 5.99. The number of nitrogens with one attached hydrogen (secondary N) is 1. The van der Waals surface area contributed by atoms with Crippen LogP contribution in [0.25, 0.3) is 11.3 Å². The third kappa shape index (κ3) is 7.83. The van der Waals surface area contributed by atoms with E-state index >= 15 is 0 Å². The van der Waals surface area contributed by atoms with Gasteiger partial charge in [0.2, 0.25) is 0 Å². The first-order chi connectivity index (χ1) is 22.5. The number of amides is 1. The summed E-state index contributed by atoms with van der Waals surface area (Å²) in [4.78, 5) is 43.7. The maximum absolute atomic E-state index is 14.2. The molecular formula is C33H37F3N4O7. The lowest BCUT2D eigenvalue weighted by Crippen LogP contribution is -2.54. The number of methoxy groups -OCH3 is 1. The van der Waals surface area contributed by atoms with Crippen LogP contribution in [-0.4, -0.2) is 95.2 Å². The first kappa shape index (κ1) is 34.1. The predicted octanol–water partition coefficient (Wildman–Crippen LogP) is 4.17. The van der Waals surface area contributed by atoms with E-state index in [0.717, 1.165) is 18.4 Å². The SMILES string of the molecule is COC[C@]1(O)CCCC[C@H]1n1cnc(C(=O)N2CCNC[C@H]2CCOc2cccc(C(=O)OC(=O)C(F)(F)F)c2)c1-c1ccccc1. The number of rotatable bonds is 10. The van der Waals surface area contributed by atoms with Crippen molar-refractivity contribution in [1.82, 2.24) is 19.8 Å². The molecule has 2 heterocycles. The van der Waals surface area contributed by atoms with Crippen molar-refractivity contribution in [3.8, 4) is 17.0 Å². The van der Waals surface area contributed by atoms with Crippen LogP contribution in [0.1, 0.15) is 59.0 Å². The molecule has 1 aliphatic carbocycles. The van der Waals surface area contributed by atoms with Crippen molar-refractivity contribution in [2.75, 3.05) is 40.0 Å². The second kappa shape index (κ2) is 14.7. The number of nitrogens with zero attached hydrogens (tertiary/aromatic N) is 3. The number of carbonyl (C=O) groups is 3. The summed E-state index contributed by atoms with van der Waals surface area (Å²) in [5.74, 6) is -4.14. The van der Waals surface area contributed by atoms with Crippen molar-refractivity contribution >= 4 is 17.8 Å². The summed E-state index contributed by atoms with van der Waals surface area (Å²) in [5, 5.41) is 14.9. The van der Waals surface area contributed by atoms with E-state index < -0.39 is 23.7 Å². The minimum Gasteiger partial charge on any atom is -0.493 e. The van der Waals surface area contributed by atoms with E-state index in [2.05, 4.69) is 15.0 Å². The molecule has 3 aromatic rings. The zero-order valence-corrected chi connectivity index (χ0v) is 25.9. The van der Waals surface area contributed by atoms with Gasteiger partial charge < -0.3 is 34.1 Å². The smallest absolute Gasteiger partial charge is 0.491 e. The summed E-state index contributed by atoms with van der Waals surface area (Å²) >= 11 is 0. The van der Waals surface area contributed by atoms with Gasteiger partial charge in [-0.3, -0.25) is 4.79 Å². The van der Waals surface area contributed by atoms with Crippen LogP contribution in [0.5, 0.6) is 5.75 Å². The summed E-state index contributed by atoms with van der Waals surface area (Å²) in [6, 6.07) is 14.1. The summed E-state index contributed by atoms with van der Waals surface area (Å²) in [5.41, 5.74) is 0.292. The van der Waals surface area contributed by atoms with Crippen molar-refractivity contribution in [1.29, 1.82) is 0 Å². The molecule has 1 aromatic heterocycles. The number of imidazole rings is 1. The van der Waals surface area contributed by atoms with Gasteiger partial charge in [-0.25, -0.2) is 14.6 Å². The standard InChI is InChI=1S/C33H37F3N4O7/c1-45-20-32(44)14-6-5-12-26(32)40-21-38-27(28(40)22-8-3-2-4-9-22)29(41)39-16-15-37-19-24(39)13-17-46-25-11-7-10-23(18-25)30(42)47-31(43)33(34,35)36/h2-4,7-11,18,21,24,26,37,44H,5-6,12-17,19-20H2,1H3/t24-,26-,32-/m1/s1. The van der Waals surface area contributed by atoms with Crippen molar-refractivity contribution < 1.29 is 46.9 Å². The molecular weight excluding hydrogens is 621 g/mol. The average Bonchev–Trinajstić information content (AvgIpc) is 3.50. The molecule has 252 valence electrons. The third-order valence-electron chi connectivity index (χ3n) is 8.55. The number of esters is 2. The Balaban J connectivity index is 1.33. The molecule has 0 bridgehead atoms. The van der Waals surface area contributed by atoms with Crippen LogP contribution in [0.2, 0.25) is 0 Å². The first-order valence-corrected chi connectivity index (χ1v) is 15.4. The highest BCUT2D eigenvalue weighted by atomic mass is 19.4. The molecule has 47 heavy (non-hydrogen) atoms. The number of hydrogen-bond acceptors (Lipinski definition) is 9. The Morgan fingerprint density at radius 1 is 1.11 bits per heavy atom. The van der Waals surface area contributed by atoms with E-state index in [4.69, 9.17) is 9.47 Å². The maximum Gasteiger partial charge on any atom is 0.491 e. The monoisotopic (exact) mass is 658 g/mol. The summed E-state index contributed by atoms with van der Waals surface area (Å²) < 4.78 is 54.5. The lowest BCUT2D eigenvalue weighted by atomic mass is 9.80. The number of halogens is 3. The van der Waals surface area contributed by atoms with Crippen LogP contribution in [0.4, 0.5) is 13.2 Å². The lowest BCUT2D eigenvalue weighted by molar-refractivity contribution is -0.193. The van der Waals surface area contributed by atoms with Crippen molar-refractivity contribution in [2.45, 2.75) is 56.0 Å². The van der Waals surface area contributed by atoms with Gasteiger partial charge in [0.05, 0.1) is 36.8 Å². The second-order valence-electron chi connectivity index (χ2n) is 11.7. The van der Waals surface area contributed by atoms with E-state index in [9.17, 15) is 32.7 Å². The fourth-order valence-corrected chi connectivity index (χ4v) is 6.31. The Hall–Kier alpha value is -4.27. The second-order valence-corrected chi connectivity index (χ2v) is 11.7. The Labute approximate surface area is 269 Å². The van der Waals surface area contributed by atoms with Gasteiger partial charge in [-0.15, -0.1) is 0 Å². The number of benzene rings is 2. The van der Waals surface area contributed by atoms with Crippen LogP contribution in [-0.2, 0) is 14.3 Å². The molecule has 1 saturated heterocycles. The van der Waals surface area contributed by atoms with E-state index in [-0.39, 0.29) is 48.2 Å².